The Morgan fingerprint density at radius 2 is 2.12 bits per heavy atom. The summed E-state index contributed by atoms with van der Waals surface area (Å²) in [6.07, 6.45) is 0. The molecule has 1 rings (SSSR count). The molecule has 17 heavy (non-hydrogen) atoms. The van der Waals surface area contributed by atoms with E-state index in [-0.39, 0.29) is 23.3 Å². The molecule has 0 aliphatic rings. The van der Waals surface area contributed by atoms with Gasteiger partial charge in [0.25, 0.3) is 0 Å². The van der Waals surface area contributed by atoms with Crippen molar-refractivity contribution in [3.05, 3.63) is 35.6 Å². The number of benzene rings is 1. The van der Waals surface area contributed by atoms with Gasteiger partial charge in [0, 0.05) is 5.56 Å². The number of Topliss-reactive ketones (excluding diaryl/α,β-unsaturated/α-hetero) is 1. The van der Waals surface area contributed by atoms with Crippen LogP contribution < -0.4 is 0 Å². The lowest BCUT2D eigenvalue weighted by Crippen LogP contribution is -2.10. The first-order valence-electron chi connectivity index (χ1n) is 5.15. The number of hydrogen-bond donors (Lipinski definition) is 0. The van der Waals surface area contributed by atoms with Gasteiger partial charge < -0.3 is 4.74 Å². The normalized spacial score (nSPS) is 10.0. The predicted octanol–water partition coefficient (Wildman–Crippen LogP) is 2.30. The van der Waals surface area contributed by atoms with Crippen LogP contribution in [0.3, 0.4) is 0 Å². The van der Waals surface area contributed by atoms with Crippen LogP contribution in [0.2, 0.25) is 0 Å². The summed E-state index contributed by atoms with van der Waals surface area (Å²) in [5.41, 5.74) is 0.321. The third-order valence-corrected chi connectivity index (χ3v) is 2.81. The van der Waals surface area contributed by atoms with Crippen molar-refractivity contribution < 1.29 is 18.7 Å². The monoisotopic (exact) mass is 256 g/mol. The second-order valence-corrected chi connectivity index (χ2v) is 4.22. The van der Waals surface area contributed by atoms with Gasteiger partial charge in [-0.2, -0.15) is 0 Å². The highest BCUT2D eigenvalue weighted by molar-refractivity contribution is 8.00. The van der Waals surface area contributed by atoms with Crippen molar-refractivity contribution >= 4 is 23.5 Å². The third kappa shape index (κ3) is 4.99. The summed E-state index contributed by atoms with van der Waals surface area (Å²) in [5, 5.41) is 0. The summed E-state index contributed by atoms with van der Waals surface area (Å²) in [5.74, 6) is -0.702. The summed E-state index contributed by atoms with van der Waals surface area (Å²) in [6, 6.07) is 5.50. The molecule has 0 atom stereocenters. The minimum atomic E-state index is -0.439. The number of thioether (sulfide) groups is 1. The van der Waals surface area contributed by atoms with Gasteiger partial charge in [0.1, 0.15) is 5.82 Å². The maximum absolute atomic E-state index is 12.8. The summed E-state index contributed by atoms with van der Waals surface area (Å²) < 4.78 is 17.6. The molecule has 0 aliphatic carbocycles. The van der Waals surface area contributed by atoms with Crippen LogP contribution in [0.25, 0.3) is 0 Å². The number of halogens is 1. The molecule has 0 unspecified atom stereocenters. The smallest absolute Gasteiger partial charge is 0.315 e. The van der Waals surface area contributed by atoms with Crippen LogP contribution in [-0.2, 0) is 9.53 Å². The molecule has 92 valence electrons. The Balaban J connectivity index is 2.38. The van der Waals surface area contributed by atoms with E-state index in [0.29, 0.717) is 12.2 Å². The molecule has 3 nitrogen and oxygen atoms in total. The van der Waals surface area contributed by atoms with E-state index in [2.05, 4.69) is 0 Å². The van der Waals surface area contributed by atoms with Gasteiger partial charge in [-0.25, -0.2) is 4.39 Å². The first-order valence-corrected chi connectivity index (χ1v) is 6.31. The molecule has 5 heteroatoms. The maximum atomic E-state index is 12.8. The Hall–Kier alpha value is -1.36. The van der Waals surface area contributed by atoms with E-state index >= 15 is 0 Å². The number of carbonyl (C=O) groups excluding carboxylic acids is 2. The second kappa shape index (κ2) is 7.06. The first kappa shape index (κ1) is 13.7. The number of hydrogen-bond acceptors (Lipinski definition) is 4. The zero-order chi connectivity index (χ0) is 12.7. The van der Waals surface area contributed by atoms with Crippen LogP contribution >= 0.6 is 11.8 Å². The van der Waals surface area contributed by atoms with Crippen LogP contribution in [0.15, 0.2) is 24.3 Å². The van der Waals surface area contributed by atoms with Gasteiger partial charge in [0.05, 0.1) is 18.1 Å². The van der Waals surface area contributed by atoms with Gasteiger partial charge in [-0.3, -0.25) is 9.59 Å². The fourth-order valence-corrected chi connectivity index (χ4v) is 1.88. The van der Waals surface area contributed by atoms with Crippen molar-refractivity contribution in [2.24, 2.45) is 0 Å². The summed E-state index contributed by atoms with van der Waals surface area (Å²) in [7, 11) is 0. The average Bonchev–Trinajstić information content (AvgIpc) is 2.29. The van der Waals surface area contributed by atoms with Gasteiger partial charge in [-0.1, -0.05) is 12.1 Å². The Kier molecular flexibility index (Phi) is 5.69. The molecule has 0 fully saturated rings. The maximum Gasteiger partial charge on any atom is 0.315 e. The van der Waals surface area contributed by atoms with E-state index in [1.165, 1.54) is 18.2 Å². The van der Waals surface area contributed by atoms with E-state index in [1.807, 2.05) is 0 Å². The second-order valence-electron chi connectivity index (χ2n) is 3.23. The van der Waals surface area contributed by atoms with Gasteiger partial charge in [0.15, 0.2) is 5.78 Å². The molecule has 0 heterocycles. The average molecular weight is 256 g/mol. The molecule has 0 spiro atoms. The molecule has 0 bridgehead atoms. The van der Waals surface area contributed by atoms with Gasteiger partial charge in [-0.15, -0.1) is 11.8 Å². The molecule has 0 N–H and O–H groups in total. The highest BCUT2D eigenvalue weighted by atomic mass is 32.2. The predicted molar refractivity (Wildman–Crippen MR) is 64.7 cm³/mol. The Bertz CT molecular complexity index is 406. The lowest BCUT2D eigenvalue weighted by molar-refractivity contribution is -0.139. The van der Waals surface area contributed by atoms with E-state index < -0.39 is 5.82 Å². The molecule has 1 aromatic rings. The molecular weight excluding hydrogens is 243 g/mol. The van der Waals surface area contributed by atoms with Crippen LogP contribution in [0.4, 0.5) is 4.39 Å². The van der Waals surface area contributed by atoms with Crippen molar-refractivity contribution in [2.45, 2.75) is 6.92 Å². The molecule has 0 radical (unpaired) electrons. The van der Waals surface area contributed by atoms with Crippen LogP contribution in [-0.4, -0.2) is 29.9 Å². The first-order chi connectivity index (χ1) is 8.13. The minimum Gasteiger partial charge on any atom is -0.465 e. The molecule has 0 amide bonds. The highest BCUT2D eigenvalue weighted by Gasteiger charge is 2.08. The molecule has 1 aromatic carbocycles. The van der Waals surface area contributed by atoms with Gasteiger partial charge in [0.2, 0.25) is 0 Å². The lowest BCUT2D eigenvalue weighted by Gasteiger charge is -2.02. The molecule has 0 saturated carbocycles. The Morgan fingerprint density at radius 3 is 2.76 bits per heavy atom. The number of rotatable bonds is 6. The number of carbonyl (C=O) groups is 2. The molecular formula is C12H13FO3S. The zero-order valence-corrected chi connectivity index (χ0v) is 10.3. The summed E-state index contributed by atoms with van der Waals surface area (Å²) >= 11 is 1.16. The molecule has 0 saturated heterocycles. The Labute approximate surface area is 103 Å². The quantitative estimate of drug-likeness (QED) is 0.578. The largest absolute Gasteiger partial charge is 0.465 e. The van der Waals surface area contributed by atoms with Crippen molar-refractivity contribution in [1.29, 1.82) is 0 Å². The van der Waals surface area contributed by atoms with Crippen molar-refractivity contribution in [3.8, 4) is 0 Å². The summed E-state index contributed by atoms with van der Waals surface area (Å²) in [4.78, 5) is 22.6. The van der Waals surface area contributed by atoms with Crippen molar-refractivity contribution in [3.63, 3.8) is 0 Å². The number of esters is 1. The van der Waals surface area contributed by atoms with Crippen LogP contribution in [0, 0.1) is 5.82 Å². The van der Waals surface area contributed by atoms with Crippen LogP contribution in [0.1, 0.15) is 17.3 Å². The highest BCUT2D eigenvalue weighted by Crippen LogP contribution is 2.09. The number of ketones is 1. The number of ether oxygens (including phenoxy) is 1. The lowest BCUT2D eigenvalue weighted by atomic mass is 10.1. The van der Waals surface area contributed by atoms with E-state index in [0.717, 1.165) is 11.8 Å². The van der Waals surface area contributed by atoms with E-state index in [9.17, 15) is 14.0 Å². The standard InChI is InChI=1S/C12H13FO3S/c1-2-16-12(15)8-17-7-11(14)9-4-3-5-10(13)6-9/h3-6H,2,7-8H2,1H3. The van der Waals surface area contributed by atoms with Crippen molar-refractivity contribution in [2.75, 3.05) is 18.1 Å². The Morgan fingerprint density at radius 1 is 1.35 bits per heavy atom. The molecule has 0 aromatic heterocycles. The SMILES string of the molecule is CCOC(=O)CSCC(=O)c1cccc(F)c1. The fourth-order valence-electron chi connectivity index (χ4n) is 1.17. The topological polar surface area (TPSA) is 43.4 Å². The van der Waals surface area contributed by atoms with Gasteiger partial charge >= 0.3 is 5.97 Å². The minimum absolute atomic E-state index is 0.134. The zero-order valence-electron chi connectivity index (χ0n) is 9.44. The van der Waals surface area contributed by atoms with Crippen LogP contribution in [0.5, 0.6) is 0 Å². The van der Waals surface area contributed by atoms with E-state index in [4.69, 9.17) is 4.74 Å². The van der Waals surface area contributed by atoms with Gasteiger partial charge in [-0.05, 0) is 19.1 Å². The fraction of sp³-hybridized carbons (Fsp3) is 0.333. The summed E-state index contributed by atoms with van der Waals surface area (Å²) in [6.45, 7) is 2.05. The molecule has 0 aliphatic heterocycles. The third-order valence-electron chi connectivity index (χ3n) is 1.90. The van der Waals surface area contributed by atoms with Crippen molar-refractivity contribution in [1.82, 2.24) is 0 Å². The van der Waals surface area contributed by atoms with E-state index in [1.54, 1.807) is 13.0 Å².